The van der Waals surface area contributed by atoms with Crippen molar-refractivity contribution in [3.05, 3.63) is 11.4 Å². The maximum atomic E-state index is 13.0. The third-order valence-electron chi connectivity index (χ3n) is 5.65. The van der Waals surface area contributed by atoms with E-state index < -0.39 is 5.97 Å². The molecule has 3 aliphatic rings. The largest absolute Gasteiger partial charge is 0.481 e. The average Bonchev–Trinajstić information content (AvgIpc) is 3.19. The predicted octanol–water partition coefficient (Wildman–Crippen LogP) is 0.384. The quantitative estimate of drug-likeness (QED) is 0.853. The molecule has 1 aromatic heterocycles. The minimum atomic E-state index is -0.758. The summed E-state index contributed by atoms with van der Waals surface area (Å²) in [6, 6.07) is 0.0331. The van der Waals surface area contributed by atoms with Crippen LogP contribution in [0.3, 0.4) is 0 Å². The van der Waals surface area contributed by atoms with Gasteiger partial charge in [0.15, 0.2) is 0 Å². The lowest BCUT2D eigenvalue weighted by atomic mass is 9.88. The zero-order valence-electron chi connectivity index (χ0n) is 12.6. The monoisotopic (exact) mass is 304 g/mol. The fourth-order valence-corrected chi connectivity index (χ4v) is 4.53. The molecular weight excluding hydrogens is 284 g/mol. The second-order valence-electron chi connectivity index (χ2n) is 6.77. The lowest BCUT2D eigenvalue weighted by Gasteiger charge is -2.29. The maximum absolute atomic E-state index is 13.0. The predicted molar refractivity (Wildman–Crippen MR) is 75.9 cm³/mol. The van der Waals surface area contributed by atoms with Crippen LogP contribution in [0.1, 0.15) is 37.1 Å². The fraction of sp³-hybridized carbons (Fsp3) is 0.733. The first-order chi connectivity index (χ1) is 10.6. The van der Waals surface area contributed by atoms with Crippen molar-refractivity contribution in [2.75, 3.05) is 0 Å². The van der Waals surface area contributed by atoms with E-state index in [1.54, 1.807) is 4.68 Å². The minimum Gasteiger partial charge on any atom is -0.481 e. The molecule has 2 bridgehead atoms. The molecule has 2 fully saturated rings. The zero-order valence-corrected chi connectivity index (χ0v) is 12.6. The van der Waals surface area contributed by atoms with Gasteiger partial charge in [-0.05, 0) is 32.1 Å². The standard InChI is InChI=1S/C15H20N4O3/c1-18-13-6-8(2-4-11(13)16-17-18)14(20)19-9-3-5-12(19)10(7-9)15(21)22/h8-10,12H,2-7H2,1H3,(H,21,22)/t8?,9-,10-,12+/m1/s1. The Bertz CT molecular complexity index is 641. The summed E-state index contributed by atoms with van der Waals surface area (Å²) >= 11 is 0. The van der Waals surface area contributed by atoms with E-state index >= 15 is 0 Å². The normalized spacial score (nSPS) is 33.0. The highest BCUT2D eigenvalue weighted by atomic mass is 16.4. The van der Waals surface area contributed by atoms with Gasteiger partial charge in [0.25, 0.3) is 0 Å². The third-order valence-corrected chi connectivity index (χ3v) is 5.65. The van der Waals surface area contributed by atoms with Crippen LogP contribution in [0.2, 0.25) is 0 Å². The summed E-state index contributed by atoms with van der Waals surface area (Å²) in [5.74, 6) is -1.05. The number of nitrogens with zero attached hydrogens (tertiary/aromatic N) is 4. The molecule has 118 valence electrons. The van der Waals surface area contributed by atoms with Crippen LogP contribution in [0.4, 0.5) is 0 Å². The Balaban J connectivity index is 1.54. The van der Waals surface area contributed by atoms with E-state index in [2.05, 4.69) is 10.3 Å². The van der Waals surface area contributed by atoms with Crippen LogP contribution in [-0.4, -0.2) is 49.0 Å². The Morgan fingerprint density at radius 2 is 2.09 bits per heavy atom. The van der Waals surface area contributed by atoms with Gasteiger partial charge >= 0.3 is 5.97 Å². The number of aromatic nitrogens is 3. The SMILES string of the molecule is Cn1nnc2c1CC(C(=O)N1[C@@H]3CC[C@H]1[C@H](C(=O)O)C3)CC2. The molecule has 4 atom stereocenters. The average molecular weight is 304 g/mol. The van der Waals surface area contributed by atoms with Crippen LogP contribution >= 0.6 is 0 Å². The number of carbonyl (C=O) groups excluding carboxylic acids is 1. The third kappa shape index (κ3) is 1.87. The first-order valence-corrected chi connectivity index (χ1v) is 7.98. The zero-order chi connectivity index (χ0) is 15.4. The van der Waals surface area contributed by atoms with Gasteiger partial charge in [0.05, 0.1) is 17.3 Å². The highest BCUT2D eigenvalue weighted by Gasteiger charge is 2.52. The summed E-state index contributed by atoms with van der Waals surface area (Å²) in [5, 5.41) is 17.5. The van der Waals surface area contributed by atoms with Gasteiger partial charge in [0, 0.05) is 31.5 Å². The van der Waals surface area contributed by atoms with E-state index in [9.17, 15) is 14.7 Å². The molecule has 2 aliphatic heterocycles. The summed E-state index contributed by atoms with van der Waals surface area (Å²) in [6.07, 6.45) is 4.65. The van der Waals surface area contributed by atoms with Gasteiger partial charge in [-0.2, -0.15) is 0 Å². The number of carboxylic acid groups (broad SMARTS) is 1. The summed E-state index contributed by atoms with van der Waals surface area (Å²) in [7, 11) is 1.86. The van der Waals surface area contributed by atoms with E-state index in [0.717, 1.165) is 37.1 Å². The molecule has 0 radical (unpaired) electrons. The number of carboxylic acids is 1. The molecule has 1 N–H and O–H groups in total. The number of hydrogen-bond acceptors (Lipinski definition) is 4. The Hall–Kier alpha value is -1.92. The lowest BCUT2D eigenvalue weighted by molar-refractivity contribution is -0.143. The van der Waals surface area contributed by atoms with Gasteiger partial charge in [0.2, 0.25) is 5.91 Å². The molecule has 0 spiro atoms. The highest BCUT2D eigenvalue weighted by Crippen LogP contribution is 2.43. The second-order valence-corrected chi connectivity index (χ2v) is 6.77. The van der Waals surface area contributed by atoms with Gasteiger partial charge in [-0.3, -0.25) is 14.3 Å². The van der Waals surface area contributed by atoms with Crippen molar-refractivity contribution >= 4 is 11.9 Å². The van der Waals surface area contributed by atoms with Crippen LogP contribution in [0.15, 0.2) is 0 Å². The van der Waals surface area contributed by atoms with Crippen molar-refractivity contribution in [1.29, 1.82) is 0 Å². The molecule has 7 heteroatoms. The van der Waals surface area contributed by atoms with Crippen molar-refractivity contribution in [2.45, 2.75) is 50.6 Å². The van der Waals surface area contributed by atoms with Gasteiger partial charge in [0.1, 0.15) is 0 Å². The number of aryl methyl sites for hydroxylation is 2. The van der Waals surface area contributed by atoms with E-state index in [-0.39, 0.29) is 29.8 Å². The molecule has 0 aromatic carbocycles. The maximum Gasteiger partial charge on any atom is 0.308 e. The fourth-order valence-electron chi connectivity index (χ4n) is 4.53. The van der Waals surface area contributed by atoms with E-state index in [1.165, 1.54) is 0 Å². The molecule has 3 heterocycles. The summed E-state index contributed by atoms with van der Waals surface area (Å²) in [4.78, 5) is 26.2. The molecule has 0 saturated carbocycles. The number of amides is 1. The number of fused-ring (bicyclic) bond motifs is 3. The first kappa shape index (κ1) is 13.7. The highest BCUT2D eigenvalue weighted by molar-refractivity contribution is 5.83. The molecule has 1 aromatic rings. The Labute approximate surface area is 128 Å². The number of hydrogen-bond donors (Lipinski definition) is 1. The van der Waals surface area contributed by atoms with Crippen molar-refractivity contribution in [2.24, 2.45) is 18.9 Å². The van der Waals surface area contributed by atoms with Crippen LogP contribution in [0, 0.1) is 11.8 Å². The molecule has 22 heavy (non-hydrogen) atoms. The number of carbonyl (C=O) groups is 2. The van der Waals surface area contributed by atoms with Crippen LogP contribution < -0.4 is 0 Å². The van der Waals surface area contributed by atoms with Crippen molar-refractivity contribution in [3.8, 4) is 0 Å². The van der Waals surface area contributed by atoms with Gasteiger partial charge in [-0.15, -0.1) is 5.10 Å². The smallest absolute Gasteiger partial charge is 0.308 e. The van der Waals surface area contributed by atoms with Crippen molar-refractivity contribution in [3.63, 3.8) is 0 Å². The van der Waals surface area contributed by atoms with Crippen LogP contribution in [-0.2, 0) is 29.5 Å². The Morgan fingerprint density at radius 1 is 1.27 bits per heavy atom. The first-order valence-electron chi connectivity index (χ1n) is 7.98. The van der Waals surface area contributed by atoms with E-state index in [0.29, 0.717) is 12.8 Å². The summed E-state index contributed by atoms with van der Waals surface area (Å²) in [6.45, 7) is 0. The molecule has 4 rings (SSSR count). The molecular formula is C15H20N4O3. The molecule has 1 unspecified atom stereocenters. The van der Waals surface area contributed by atoms with E-state index in [1.807, 2.05) is 11.9 Å². The number of aliphatic carboxylic acids is 1. The van der Waals surface area contributed by atoms with Crippen LogP contribution in [0.5, 0.6) is 0 Å². The molecule has 1 aliphatic carbocycles. The minimum absolute atomic E-state index is 0.0552. The van der Waals surface area contributed by atoms with Crippen molar-refractivity contribution in [1.82, 2.24) is 19.9 Å². The summed E-state index contributed by atoms with van der Waals surface area (Å²) in [5.41, 5.74) is 2.05. The van der Waals surface area contributed by atoms with Crippen LogP contribution in [0.25, 0.3) is 0 Å². The number of rotatable bonds is 2. The van der Waals surface area contributed by atoms with Gasteiger partial charge in [-0.25, -0.2) is 0 Å². The Kier molecular flexibility index (Phi) is 2.99. The van der Waals surface area contributed by atoms with Gasteiger partial charge in [-0.1, -0.05) is 5.21 Å². The van der Waals surface area contributed by atoms with Crippen molar-refractivity contribution < 1.29 is 14.7 Å². The topological polar surface area (TPSA) is 88.3 Å². The Morgan fingerprint density at radius 3 is 2.82 bits per heavy atom. The molecule has 2 saturated heterocycles. The molecule has 1 amide bonds. The second kappa shape index (κ2) is 4.79. The van der Waals surface area contributed by atoms with E-state index in [4.69, 9.17) is 0 Å². The summed E-state index contributed by atoms with van der Waals surface area (Å²) < 4.78 is 1.76. The lowest BCUT2D eigenvalue weighted by Crippen LogP contribution is -2.43. The van der Waals surface area contributed by atoms with Gasteiger partial charge < -0.3 is 10.0 Å². The molecule has 7 nitrogen and oxygen atoms in total.